The zero-order valence-electron chi connectivity index (χ0n) is 11.4. The number of benzene rings is 1. The number of hydrogen-bond donors (Lipinski definition) is 1. The number of nitrogens with zero attached hydrogens (tertiary/aromatic N) is 3. The Bertz CT molecular complexity index is 499. The summed E-state index contributed by atoms with van der Waals surface area (Å²) in [6.07, 6.45) is 1.23. The van der Waals surface area contributed by atoms with Gasteiger partial charge in [0.15, 0.2) is 11.4 Å². The van der Waals surface area contributed by atoms with Gasteiger partial charge in [0.05, 0.1) is 5.69 Å². The molecule has 1 aromatic carbocycles. The predicted octanol–water partition coefficient (Wildman–Crippen LogP) is 2.99. The van der Waals surface area contributed by atoms with Gasteiger partial charge < -0.3 is 5.11 Å². The summed E-state index contributed by atoms with van der Waals surface area (Å²) < 4.78 is 0. The van der Waals surface area contributed by atoms with Gasteiger partial charge in [0.2, 0.25) is 0 Å². The summed E-state index contributed by atoms with van der Waals surface area (Å²) >= 11 is 1.53. The van der Waals surface area contributed by atoms with Gasteiger partial charge in [-0.05, 0) is 24.5 Å². The first-order valence-electron chi connectivity index (χ1n) is 6.36. The highest BCUT2D eigenvalue weighted by molar-refractivity contribution is 8.14. The minimum absolute atomic E-state index is 0.345. The van der Waals surface area contributed by atoms with Crippen LogP contribution in [0, 0.1) is 12.8 Å². The Morgan fingerprint density at radius 3 is 2.84 bits per heavy atom. The number of rotatable bonds is 3. The molecule has 0 aliphatic carbocycles. The molecule has 2 rings (SSSR count). The lowest BCUT2D eigenvalue weighted by Crippen LogP contribution is -2.28. The molecule has 19 heavy (non-hydrogen) atoms. The van der Waals surface area contributed by atoms with Crippen molar-refractivity contribution >= 4 is 28.8 Å². The predicted molar refractivity (Wildman–Crippen MR) is 81.9 cm³/mol. The molecule has 0 spiro atoms. The van der Waals surface area contributed by atoms with Gasteiger partial charge in [0.1, 0.15) is 0 Å². The Morgan fingerprint density at radius 1 is 1.42 bits per heavy atom. The van der Waals surface area contributed by atoms with Crippen LogP contribution in [0.4, 0.5) is 5.69 Å². The Labute approximate surface area is 118 Å². The van der Waals surface area contributed by atoms with Gasteiger partial charge in [-0.1, -0.05) is 43.8 Å². The highest BCUT2D eigenvalue weighted by atomic mass is 32.2. The van der Waals surface area contributed by atoms with E-state index in [4.69, 9.17) is 0 Å². The first kappa shape index (κ1) is 14.1. The number of aliphatic hydroxyl groups excluding tert-OH is 1. The Hall–Kier alpha value is -1.33. The van der Waals surface area contributed by atoms with Crippen LogP contribution in [0.15, 0.2) is 34.4 Å². The smallest absolute Gasteiger partial charge is 0.187 e. The van der Waals surface area contributed by atoms with Gasteiger partial charge in [-0.25, -0.2) is 10.0 Å². The molecule has 1 N–H and O–H groups in total. The maximum atomic E-state index is 9.93. The third-order valence-corrected chi connectivity index (χ3v) is 3.66. The molecular formula is C14H19N3OS. The molecule has 1 fully saturated rings. The van der Waals surface area contributed by atoms with Crippen LogP contribution in [0.2, 0.25) is 0 Å². The molecule has 1 unspecified atom stereocenters. The molecule has 0 amide bonds. The summed E-state index contributed by atoms with van der Waals surface area (Å²) in [5, 5.41) is 16.6. The first-order valence-corrected chi connectivity index (χ1v) is 7.35. The monoisotopic (exact) mass is 277 g/mol. The van der Waals surface area contributed by atoms with E-state index >= 15 is 0 Å². The van der Waals surface area contributed by atoms with Crippen LogP contribution < -0.4 is 0 Å². The molecule has 1 aromatic rings. The number of para-hydroxylation sites is 1. The quantitative estimate of drug-likeness (QED) is 0.864. The van der Waals surface area contributed by atoms with Crippen molar-refractivity contribution in [2.24, 2.45) is 16.0 Å². The van der Waals surface area contributed by atoms with Crippen molar-refractivity contribution < 1.29 is 5.11 Å². The summed E-state index contributed by atoms with van der Waals surface area (Å²) in [7, 11) is 0. The largest absolute Gasteiger partial charge is 0.371 e. The molecule has 1 aliphatic rings. The number of aliphatic imine (C=N–C) groups is 1. The molecule has 0 saturated carbocycles. The molecule has 0 bridgehead atoms. The van der Waals surface area contributed by atoms with E-state index in [1.165, 1.54) is 11.8 Å². The van der Waals surface area contributed by atoms with Crippen molar-refractivity contribution in [3.8, 4) is 0 Å². The SMILES string of the molecule is Cc1ccccc1N=C1SCC(O)N1/N=C/C(C)C. The van der Waals surface area contributed by atoms with E-state index < -0.39 is 6.23 Å². The molecule has 1 aliphatic heterocycles. The van der Waals surface area contributed by atoms with Crippen molar-refractivity contribution in [2.75, 3.05) is 5.75 Å². The fourth-order valence-corrected chi connectivity index (χ4v) is 2.52. The van der Waals surface area contributed by atoms with E-state index in [1.54, 1.807) is 5.01 Å². The summed E-state index contributed by atoms with van der Waals surface area (Å²) in [6.45, 7) is 6.13. The van der Waals surface area contributed by atoms with Gasteiger partial charge >= 0.3 is 0 Å². The van der Waals surface area contributed by atoms with E-state index in [1.807, 2.05) is 37.4 Å². The molecule has 4 nitrogen and oxygen atoms in total. The maximum absolute atomic E-state index is 9.93. The van der Waals surface area contributed by atoms with E-state index in [0.29, 0.717) is 11.7 Å². The van der Waals surface area contributed by atoms with Crippen LogP contribution in [0.3, 0.4) is 0 Å². The second kappa shape index (κ2) is 6.21. The van der Waals surface area contributed by atoms with Crippen LogP contribution in [-0.4, -0.2) is 33.5 Å². The summed E-state index contributed by atoms with van der Waals surface area (Å²) in [4.78, 5) is 4.60. The van der Waals surface area contributed by atoms with Crippen molar-refractivity contribution in [3.05, 3.63) is 29.8 Å². The van der Waals surface area contributed by atoms with Crippen molar-refractivity contribution in [1.29, 1.82) is 0 Å². The molecular weight excluding hydrogens is 258 g/mol. The molecule has 0 radical (unpaired) electrons. The zero-order chi connectivity index (χ0) is 13.8. The fraction of sp³-hybridized carbons (Fsp3) is 0.429. The highest BCUT2D eigenvalue weighted by Crippen LogP contribution is 2.27. The van der Waals surface area contributed by atoms with Gasteiger partial charge in [-0.2, -0.15) is 5.10 Å². The van der Waals surface area contributed by atoms with Crippen molar-refractivity contribution in [3.63, 3.8) is 0 Å². The molecule has 5 heteroatoms. The Balaban J connectivity index is 2.25. The van der Waals surface area contributed by atoms with Gasteiger partial charge in [-0.3, -0.25) is 0 Å². The number of amidine groups is 1. The Morgan fingerprint density at radius 2 is 2.16 bits per heavy atom. The molecule has 102 valence electrons. The lowest BCUT2D eigenvalue weighted by atomic mass is 10.2. The van der Waals surface area contributed by atoms with Crippen LogP contribution in [0.25, 0.3) is 0 Å². The number of thioether (sulfide) groups is 1. The van der Waals surface area contributed by atoms with E-state index in [2.05, 4.69) is 23.9 Å². The van der Waals surface area contributed by atoms with Crippen LogP contribution in [-0.2, 0) is 0 Å². The minimum Gasteiger partial charge on any atom is -0.371 e. The van der Waals surface area contributed by atoms with E-state index in [0.717, 1.165) is 16.4 Å². The first-order chi connectivity index (χ1) is 9.08. The second-order valence-electron chi connectivity index (χ2n) is 4.83. The molecule has 1 saturated heterocycles. The normalized spacial score (nSPS) is 22.1. The van der Waals surface area contributed by atoms with Gasteiger partial charge in [0, 0.05) is 12.0 Å². The van der Waals surface area contributed by atoms with Crippen LogP contribution in [0.5, 0.6) is 0 Å². The summed E-state index contributed by atoms with van der Waals surface area (Å²) in [5.74, 6) is 0.942. The Kier molecular flexibility index (Phi) is 4.61. The van der Waals surface area contributed by atoms with E-state index in [-0.39, 0.29) is 0 Å². The lowest BCUT2D eigenvalue weighted by molar-refractivity contribution is 0.0850. The molecule has 0 aromatic heterocycles. The fourth-order valence-electron chi connectivity index (χ4n) is 1.62. The average Bonchev–Trinajstić information content (AvgIpc) is 2.71. The third kappa shape index (κ3) is 3.58. The van der Waals surface area contributed by atoms with E-state index in [9.17, 15) is 5.11 Å². The molecule has 1 heterocycles. The van der Waals surface area contributed by atoms with Gasteiger partial charge in [0.25, 0.3) is 0 Å². The standard InChI is InChI=1S/C14H19N3OS/c1-10(2)8-15-17-13(18)9-19-14(17)16-12-7-5-4-6-11(12)3/h4-8,10,13,18H,9H2,1-3H3/b15-8+,16-14?. The summed E-state index contributed by atoms with van der Waals surface area (Å²) in [5.41, 5.74) is 2.04. The molecule has 1 atom stereocenters. The lowest BCUT2D eigenvalue weighted by Gasteiger charge is -2.16. The maximum Gasteiger partial charge on any atom is 0.187 e. The van der Waals surface area contributed by atoms with Crippen LogP contribution >= 0.6 is 11.8 Å². The van der Waals surface area contributed by atoms with Gasteiger partial charge in [-0.15, -0.1) is 0 Å². The number of hydrogen-bond acceptors (Lipinski definition) is 4. The third-order valence-electron chi connectivity index (χ3n) is 2.66. The average molecular weight is 277 g/mol. The number of hydrazone groups is 1. The minimum atomic E-state index is -0.595. The highest BCUT2D eigenvalue weighted by Gasteiger charge is 2.28. The number of aryl methyl sites for hydroxylation is 1. The second-order valence-corrected chi connectivity index (χ2v) is 5.81. The van der Waals surface area contributed by atoms with Crippen LogP contribution in [0.1, 0.15) is 19.4 Å². The van der Waals surface area contributed by atoms with Crippen molar-refractivity contribution in [1.82, 2.24) is 5.01 Å². The van der Waals surface area contributed by atoms with Crippen molar-refractivity contribution in [2.45, 2.75) is 27.0 Å². The summed E-state index contributed by atoms with van der Waals surface area (Å²) in [6, 6.07) is 7.95. The topological polar surface area (TPSA) is 48.2 Å². The number of aliphatic hydroxyl groups is 1. The zero-order valence-corrected chi connectivity index (χ0v) is 12.3.